The molecule has 0 unspecified atom stereocenters. The van der Waals surface area contributed by atoms with Crippen LogP contribution in [-0.2, 0) is 16.0 Å². The molecule has 5 heterocycles. The average molecular weight is 520 g/mol. The predicted octanol–water partition coefficient (Wildman–Crippen LogP) is 3.62. The minimum Gasteiger partial charge on any atom is -0.401 e. The number of aromatic nitrogens is 4. The van der Waals surface area contributed by atoms with Crippen LogP contribution >= 0.6 is 0 Å². The van der Waals surface area contributed by atoms with Gasteiger partial charge in [-0.2, -0.15) is 0 Å². The lowest BCUT2D eigenvalue weighted by molar-refractivity contribution is -0.119. The van der Waals surface area contributed by atoms with Gasteiger partial charge >= 0.3 is 6.01 Å². The van der Waals surface area contributed by atoms with Gasteiger partial charge in [-0.15, -0.1) is 5.10 Å². The van der Waals surface area contributed by atoms with Crippen LogP contribution in [0.3, 0.4) is 0 Å². The van der Waals surface area contributed by atoms with Crippen LogP contribution in [0.2, 0.25) is 0 Å². The molecule has 1 fully saturated rings. The van der Waals surface area contributed by atoms with Crippen molar-refractivity contribution in [3.8, 4) is 11.6 Å². The van der Waals surface area contributed by atoms with Gasteiger partial charge in [0.25, 0.3) is 5.89 Å². The van der Waals surface area contributed by atoms with Crippen molar-refractivity contribution in [2.45, 2.75) is 12.6 Å². The standard InChI is InChI=1S/C29H25N7O3/c37-22-18-20-10-4-5-11-21(20)24(19-8-2-1-3-9-19)31-26(22)32-29-34-33-27(39-29)25-28(35-14-16-38-17-15-35)36-13-7-6-12-23(36)30-25/h1-13,26H,14-18H2,(H,32,34)/t26-/m1/s1. The van der Waals surface area contributed by atoms with E-state index in [1.54, 1.807) is 0 Å². The molecule has 1 atom stereocenters. The van der Waals surface area contributed by atoms with Crippen molar-refractivity contribution in [2.24, 2.45) is 4.99 Å². The molecule has 2 aliphatic heterocycles. The number of anilines is 2. The van der Waals surface area contributed by atoms with Crippen molar-refractivity contribution in [1.82, 2.24) is 19.6 Å². The first kappa shape index (κ1) is 23.3. The number of aliphatic imine (C=N–C) groups is 1. The summed E-state index contributed by atoms with van der Waals surface area (Å²) in [6.07, 6.45) is 1.32. The van der Waals surface area contributed by atoms with E-state index in [0.717, 1.165) is 47.0 Å². The fourth-order valence-corrected chi connectivity index (χ4v) is 5.10. The van der Waals surface area contributed by atoms with E-state index in [9.17, 15) is 4.79 Å². The Kier molecular flexibility index (Phi) is 5.86. The molecule has 0 amide bonds. The number of carbonyl (C=O) groups excluding carboxylic acids is 1. The number of rotatable bonds is 5. The number of imidazole rings is 1. The summed E-state index contributed by atoms with van der Waals surface area (Å²) in [5, 5.41) is 11.6. The van der Waals surface area contributed by atoms with E-state index in [-0.39, 0.29) is 24.1 Å². The number of carbonyl (C=O) groups is 1. The van der Waals surface area contributed by atoms with Gasteiger partial charge < -0.3 is 19.4 Å². The second-order valence-electron chi connectivity index (χ2n) is 9.42. The largest absolute Gasteiger partial charge is 0.401 e. The number of morpholine rings is 1. The molecule has 39 heavy (non-hydrogen) atoms. The first-order valence-corrected chi connectivity index (χ1v) is 12.9. The van der Waals surface area contributed by atoms with E-state index in [1.807, 2.05) is 83.4 Å². The number of hydrogen-bond acceptors (Lipinski definition) is 9. The fourth-order valence-electron chi connectivity index (χ4n) is 5.10. The maximum atomic E-state index is 13.3. The zero-order chi connectivity index (χ0) is 26.2. The van der Waals surface area contributed by atoms with Crippen LogP contribution in [0.5, 0.6) is 0 Å². The number of ketones is 1. The minimum atomic E-state index is -0.888. The number of Topliss-reactive ketones (excluding diaryl/α,β-unsaturated/α-hetero) is 1. The number of fused-ring (bicyclic) bond motifs is 2. The Hall–Kier alpha value is -4.83. The van der Waals surface area contributed by atoms with Crippen molar-refractivity contribution in [3.05, 3.63) is 95.7 Å². The molecule has 0 aliphatic carbocycles. The van der Waals surface area contributed by atoms with Gasteiger partial charge in [0.1, 0.15) is 11.5 Å². The van der Waals surface area contributed by atoms with Crippen LogP contribution in [0.1, 0.15) is 16.7 Å². The van der Waals surface area contributed by atoms with Gasteiger partial charge in [-0.05, 0) is 17.7 Å². The third-order valence-corrected chi connectivity index (χ3v) is 6.95. The van der Waals surface area contributed by atoms with Gasteiger partial charge in [-0.1, -0.05) is 65.8 Å². The number of benzene rings is 2. The van der Waals surface area contributed by atoms with Gasteiger partial charge in [0.15, 0.2) is 17.6 Å². The summed E-state index contributed by atoms with van der Waals surface area (Å²) in [6.45, 7) is 2.71. The van der Waals surface area contributed by atoms with Gasteiger partial charge in [0, 0.05) is 36.8 Å². The molecule has 1 saturated heterocycles. The molecule has 0 radical (unpaired) electrons. The lowest BCUT2D eigenvalue weighted by atomic mass is 9.96. The van der Waals surface area contributed by atoms with Crippen LogP contribution < -0.4 is 10.2 Å². The van der Waals surface area contributed by atoms with E-state index in [4.69, 9.17) is 19.1 Å². The smallest absolute Gasteiger partial charge is 0.317 e. The molecule has 5 aromatic rings. The lowest BCUT2D eigenvalue weighted by Gasteiger charge is -2.28. The van der Waals surface area contributed by atoms with Gasteiger partial charge in [-0.25, -0.2) is 4.98 Å². The monoisotopic (exact) mass is 519 g/mol. The summed E-state index contributed by atoms with van der Waals surface area (Å²) >= 11 is 0. The number of ether oxygens (including phenoxy) is 1. The van der Waals surface area contributed by atoms with Crippen LogP contribution in [0.4, 0.5) is 11.8 Å². The molecule has 3 aromatic heterocycles. The van der Waals surface area contributed by atoms with Crippen molar-refractivity contribution >= 4 is 29.0 Å². The summed E-state index contributed by atoms with van der Waals surface area (Å²) in [7, 11) is 0. The highest BCUT2D eigenvalue weighted by molar-refractivity contribution is 6.16. The summed E-state index contributed by atoms with van der Waals surface area (Å²) in [5.41, 5.74) is 4.89. The quantitative estimate of drug-likeness (QED) is 0.375. The average Bonchev–Trinajstić information content (AvgIpc) is 3.58. The first-order chi connectivity index (χ1) is 19.2. The van der Waals surface area contributed by atoms with E-state index in [0.29, 0.717) is 18.9 Å². The molecule has 7 rings (SSSR count). The zero-order valence-electron chi connectivity index (χ0n) is 21.0. The number of pyridine rings is 1. The van der Waals surface area contributed by atoms with E-state index in [1.165, 1.54) is 0 Å². The highest BCUT2D eigenvalue weighted by Crippen LogP contribution is 2.32. The molecule has 194 valence electrons. The van der Waals surface area contributed by atoms with Gasteiger partial charge in [0.2, 0.25) is 0 Å². The van der Waals surface area contributed by atoms with Crippen LogP contribution in [0.15, 0.2) is 88.4 Å². The molecule has 1 N–H and O–H groups in total. The predicted molar refractivity (Wildman–Crippen MR) is 146 cm³/mol. The Morgan fingerprint density at radius 2 is 1.69 bits per heavy atom. The molecule has 0 spiro atoms. The van der Waals surface area contributed by atoms with E-state index < -0.39 is 6.17 Å². The summed E-state index contributed by atoms with van der Waals surface area (Å²) in [5.74, 6) is 1.05. The van der Waals surface area contributed by atoms with Crippen molar-refractivity contribution in [3.63, 3.8) is 0 Å². The zero-order valence-corrected chi connectivity index (χ0v) is 21.0. The normalized spacial score (nSPS) is 17.5. The summed E-state index contributed by atoms with van der Waals surface area (Å²) in [4.78, 5) is 25.2. The highest BCUT2D eigenvalue weighted by atomic mass is 16.5. The maximum Gasteiger partial charge on any atom is 0.317 e. The molecule has 0 saturated carbocycles. The van der Waals surface area contributed by atoms with Crippen molar-refractivity contribution in [2.75, 3.05) is 36.5 Å². The van der Waals surface area contributed by atoms with Crippen LogP contribution in [-0.4, -0.2) is 63.5 Å². The summed E-state index contributed by atoms with van der Waals surface area (Å²) < 4.78 is 13.6. The summed E-state index contributed by atoms with van der Waals surface area (Å²) in [6, 6.07) is 23.7. The molecule has 2 aliphatic rings. The number of nitrogens with one attached hydrogen (secondary N) is 1. The number of hydrogen-bond donors (Lipinski definition) is 1. The minimum absolute atomic E-state index is 0.0881. The molecular weight excluding hydrogens is 494 g/mol. The Labute approximate surface area is 224 Å². The van der Waals surface area contributed by atoms with E-state index >= 15 is 0 Å². The molecule has 0 bridgehead atoms. The van der Waals surface area contributed by atoms with E-state index in [2.05, 4.69) is 20.4 Å². The fraction of sp³-hybridized carbons (Fsp3) is 0.207. The Morgan fingerprint density at radius 3 is 2.56 bits per heavy atom. The third kappa shape index (κ3) is 4.34. The first-order valence-electron chi connectivity index (χ1n) is 12.9. The third-order valence-electron chi connectivity index (χ3n) is 6.95. The molecule has 10 nitrogen and oxygen atoms in total. The Bertz CT molecular complexity index is 1690. The van der Waals surface area contributed by atoms with Crippen LogP contribution in [0, 0.1) is 0 Å². The van der Waals surface area contributed by atoms with Crippen molar-refractivity contribution in [1.29, 1.82) is 0 Å². The topological polar surface area (TPSA) is 110 Å². The molecule has 10 heteroatoms. The second-order valence-corrected chi connectivity index (χ2v) is 9.42. The van der Waals surface area contributed by atoms with Crippen LogP contribution in [0.25, 0.3) is 17.2 Å². The maximum absolute atomic E-state index is 13.3. The Balaban J connectivity index is 1.24. The van der Waals surface area contributed by atoms with Gasteiger partial charge in [-0.3, -0.25) is 14.2 Å². The SMILES string of the molecule is O=C1Cc2ccccc2C(c2ccccc2)=N[C@@H]1Nc1nnc(-c2nc3ccccn3c2N2CCOCC2)o1. The Morgan fingerprint density at radius 1 is 0.897 bits per heavy atom. The molecular formula is C29H25N7O3. The highest BCUT2D eigenvalue weighted by Gasteiger charge is 2.29. The van der Waals surface area contributed by atoms with Crippen molar-refractivity contribution < 1.29 is 13.9 Å². The second kappa shape index (κ2) is 9.80. The lowest BCUT2D eigenvalue weighted by Crippen LogP contribution is -2.37. The molecule has 2 aromatic carbocycles. The number of nitrogens with zero attached hydrogens (tertiary/aromatic N) is 6. The van der Waals surface area contributed by atoms with Gasteiger partial charge in [0.05, 0.1) is 18.9 Å².